The second kappa shape index (κ2) is 6.79. The van der Waals surface area contributed by atoms with E-state index in [0.717, 1.165) is 11.3 Å². The van der Waals surface area contributed by atoms with Gasteiger partial charge in [0.15, 0.2) is 0 Å². The number of para-hydroxylation sites is 1. The second-order valence-corrected chi connectivity index (χ2v) is 5.27. The third-order valence-corrected chi connectivity index (χ3v) is 3.56. The molecule has 1 fully saturated rings. The molecule has 2 amide bonds. The van der Waals surface area contributed by atoms with Crippen molar-refractivity contribution in [3.8, 4) is 0 Å². The fraction of sp³-hybridized carbons (Fsp3) is 0.111. The normalized spacial score (nSPS) is 19.1. The predicted octanol–water partition coefficient (Wildman–Crippen LogP) is 1.80. The quantitative estimate of drug-likeness (QED) is 0.754. The largest absolute Gasteiger partial charge is 0.360 e. The first kappa shape index (κ1) is 14.8. The highest BCUT2D eigenvalue weighted by Crippen LogP contribution is 2.10. The van der Waals surface area contributed by atoms with Crippen LogP contribution in [0.25, 0.3) is 0 Å². The summed E-state index contributed by atoms with van der Waals surface area (Å²) in [5, 5.41) is 8.39. The summed E-state index contributed by atoms with van der Waals surface area (Å²) in [6.45, 7) is 0. The minimum absolute atomic E-state index is 0.211. The Balaban J connectivity index is 1.65. The molecule has 0 spiro atoms. The molecule has 0 saturated carbocycles. The maximum absolute atomic E-state index is 12.2. The molecular weight excluding hydrogens is 290 g/mol. The average molecular weight is 307 g/mol. The number of hydrogen-bond acceptors (Lipinski definition) is 3. The van der Waals surface area contributed by atoms with E-state index in [1.807, 2.05) is 60.7 Å². The Labute approximate surface area is 134 Å². The van der Waals surface area contributed by atoms with Crippen molar-refractivity contribution in [1.82, 2.24) is 10.6 Å². The number of hydrogen-bond donors (Lipinski definition) is 3. The van der Waals surface area contributed by atoms with Gasteiger partial charge in [-0.15, -0.1) is 0 Å². The van der Waals surface area contributed by atoms with Crippen LogP contribution in [-0.2, 0) is 16.0 Å². The lowest BCUT2D eigenvalue weighted by atomic mass is 10.0. The van der Waals surface area contributed by atoms with Gasteiger partial charge in [-0.25, -0.2) is 0 Å². The lowest BCUT2D eigenvalue weighted by Crippen LogP contribution is -2.55. The Morgan fingerprint density at radius 3 is 2.30 bits per heavy atom. The summed E-state index contributed by atoms with van der Waals surface area (Å²) < 4.78 is 0. The monoisotopic (exact) mass is 307 g/mol. The van der Waals surface area contributed by atoms with Crippen molar-refractivity contribution in [3.63, 3.8) is 0 Å². The molecule has 0 aromatic heterocycles. The van der Waals surface area contributed by atoms with Crippen LogP contribution in [0.4, 0.5) is 5.69 Å². The van der Waals surface area contributed by atoms with Gasteiger partial charge in [0.25, 0.3) is 5.91 Å². The van der Waals surface area contributed by atoms with Gasteiger partial charge in [0, 0.05) is 18.3 Å². The van der Waals surface area contributed by atoms with Crippen molar-refractivity contribution in [2.24, 2.45) is 0 Å². The van der Waals surface area contributed by atoms with Crippen LogP contribution in [0.1, 0.15) is 5.56 Å². The van der Waals surface area contributed by atoms with Crippen LogP contribution in [0.5, 0.6) is 0 Å². The molecule has 5 nitrogen and oxygen atoms in total. The molecule has 1 atom stereocenters. The molecule has 23 heavy (non-hydrogen) atoms. The minimum Gasteiger partial charge on any atom is -0.360 e. The third kappa shape index (κ3) is 3.77. The van der Waals surface area contributed by atoms with E-state index in [1.165, 1.54) is 6.20 Å². The van der Waals surface area contributed by atoms with E-state index in [4.69, 9.17) is 0 Å². The van der Waals surface area contributed by atoms with E-state index < -0.39 is 6.04 Å². The number of anilines is 1. The maximum atomic E-state index is 12.2. The molecule has 0 unspecified atom stereocenters. The summed E-state index contributed by atoms with van der Waals surface area (Å²) in [6.07, 6.45) is 1.97. The Hall–Kier alpha value is -3.08. The minimum atomic E-state index is -0.557. The number of benzene rings is 2. The molecule has 2 aromatic rings. The zero-order chi connectivity index (χ0) is 16.1. The zero-order valence-electron chi connectivity index (χ0n) is 12.5. The molecule has 0 bridgehead atoms. The molecule has 3 rings (SSSR count). The Bertz CT molecular complexity index is 726. The second-order valence-electron chi connectivity index (χ2n) is 5.27. The van der Waals surface area contributed by atoms with Crippen molar-refractivity contribution in [1.29, 1.82) is 0 Å². The van der Waals surface area contributed by atoms with E-state index in [2.05, 4.69) is 16.0 Å². The number of carbonyl (C=O) groups excluding carboxylic acids is 2. The molecule has 1 heterocycles. The molecule has 1 saturated heterocycles. The highest BCUT2D eigenvalue weighted by Gasteiger charge is 2.29. The van der Waals surface area contributed by atoms with Gasteiger partial charge in [-0.05, 0) is 17.7 Å². The molecule has 5 heteroatoms. The first-order chi connectivity index (χ1) is 11.2. The molecule has 116 valence electrons. The molecule has 3 N–H and O–H groups in total. The van der Waals surface area contributed by atoms with Crippen LogP contribution in [0.2, 0.25) is 0 Å². The maximum Gasteiger partial charge on any atom is 0.269 e. The highest BCUT2D eigenvalue weighted by molar-refractivity contribution is 6.04. The number of rotatable bonds is 4. The molecule has 1 aliphatic heterocycles. The lowest BCUT2D eigenvalue weighted by molar-refractivity contribution is -0.131. The van der Waals surface area contributed by atoms with E-state index >= 15 is 0 Å². The first-order valence-corrected chi connectivity index (χ1v) is 7.40. The number of amides is 2. The fourth-order valence-corrected chi connectivity index (χ4v) is 2.36. The van der Waals surface area contributed by atoms with Crippen molar-refractivity contribution < 1.29 is 9.59 Å². The summed E-state index contributed by atoms with van der Waals surface area (Å²) >= 11 is 0. The molecule has 1 aliphatic rings. The lowest BCUT2D eigenvalue weighted by Gasteiger charge is -2.25. The summed E-state index contributed by atoms with van der Waals surface area (Å²) in [5.74, 6) is -0.511. The van der Waals surface area contributed by atoms with Crippen molar-refractivity contribution in [3.05, 3.63) is 78.1 Å². The number of carbonyl (C=O) groups is 2. The van der Waals surface area contributed by atoms with Gasteiger partial charge in [0.2, 0.25) is 5.91 Å². The standard InChI is InChI=1S/C18H17N3O2/c22-17-15(11-13-7-3-1-4-8-13)20-18(23)16(21-17)12-19-14-9-5-2-6-10-14/h1-10,12,15,19H,11H2,(H,20,23)(H,21,22)/b16-12+/t15-/m0/s1. The van der Waals surface area contributed by atoms with Gasteiger partial charge in [-0.3, -0.25) is 9.59 Å². The summed E-state index contributed by atoms with van der Waals surface area (Å²) in [5.41, 5.74) is 2.06. The summed E-state index contributed by atoms with van der Waals surface area (Å²) in [7, 11) is 0. The molecule has 2 aromatic carbocycles. The Kier molecular flexibility index (Phi) is 4.38. The highest BCUT2D eigenvalue weighted by atomic mass is 16.2. The SMILES string of the molecule is O=C1N[C@@H](Cc2ccccc2)C(=O)N/C1=C/Nc1ccccc1. The zero-order valence-corrected chi connectivity index (χ0v) is 12.5. The van der Waals surface area contributed by atoms with Crippen molar-refractivity contribution >= 4 is 17.5 Å². The number of nitrogens with one attached hydrogen (secondary N) is 3. The van der Waals surface area contributed by atoms with Gasteiger partial charge in [-0.2, -0.15) is 0 Å². The molecular formula is C18H17N3O2. The van der Waals surface area contributed by atoms with Gasteiger partial charge < -0.3 is 16.0 Å². The third-order valence-electron chi connectivity index (χ3n) is 3.56. The molecule has 0 aliphatic carbocycles. The Morgan fingerprint density at radius 1 is 0.957 bits per heavy atom. The van der Waals surface area contributed by atoms with E-state index in [9.17, 15) is 9.59 Å². The van der Waals surface area contributed by atoms with Crippen LogP contribution in [-0.4, -0.2) is 17.9 Å². The van der Waals surface area contributed by atoms with Gasteiger partial charge >= 0.3 is 0 Å². The average Bonchev–Trinajstić information content (AvgIpc) is 2.58. The van der Waals surface area contributed by atoms with E-state index in [0.29, 0.717) is 6.42 Å². The van der Waals surface area contributed by atoms with E-state index in [1.54, 1.807) is 0 Å². The predicted molar refractivity (Wildman–Crippen MR) is 88.4 cm³/mol. The van der Waals surface area contributed by atoms with Crippen LogP contribution < -0.4 is 16.0 Å². The van der Waals surface area contributed by atoms with Gasteiger partial charge in [-0.1, -0.05) is 48.5 Å². The van der Waals surface area contributed by atoms with E-state index in [-0.39, 0.29) is 17.5 Å². The van der Waals surface area contributed by atoms with Crippen LogP contribution >= 0.6 is 0 Å². The van der Waals surface area contributed by atoms with Crippen LogP contribution in [0.3, 0.4) is 0 Å². The molecule has 0 radical (unpaired) electrons. The topological polar surface area (TPSA) is 70.2 Å². The van der Waals surface area contributed by atoms with Crippen LogP contribution in [0.15, 0.2) is 72.6 Å². The van der Waals surface area contributed by atoms with Crippen molar-refractivity contribution in [2.75, 3.05) is 5.32 Å². The summed E-state index contributed by atoms with van der Waals surface area (Å²) in [6, 6.07) is 18.5. The van der Waals surface area contributed by atoms with Gasteiger partial charge in [0.05, 0.1) is 0 Å². The summed E-state index contributed by atoms with van der Waals surface area (Å²) in [4.78, 5) is 24.3. The Morgan fingerprint density at radius 2 is 1.61 bits per heavy atom. The smallest absolute Gasteiger partial charge is 0.269 e. The van der Waals surface area contributed by atoms with Gasteiger partial charge in [0.1, 0.15) is 11.7 Å². The first-order valence-electron chi connectivity index (χ1n) is 7.40. The van der Waals surface area contributed by atoms with Crippen LogP contribution in [0, 0.1) is 0 Å². The van der Waals surface area contributed by atoms with Crippen molar-refractivity contribution in [2.45, 2.75) is 12.5 Å². The fourth-order valence-electron chi connectivity index (χ4n) is 2.36. The number of piperazine rings is 1.